The maximum absolute atomic E-state index is 13.1. The van der Waals surface area contributed by atoms with E-state index in [1.807, 2.05) is 0 Å². The number of rotatable bonds is 2. The van der Waals surface area contributed by atoms with E-state index < -0.39 is 34.1 Å². The Morgan fingerprint density at radius 2 is 2.00 bits per heavy atom. The Balaban J connectivity index is 3.30. The predicted octanol–water partition coefficient (Wildman–Crippen LogP) is 3.67. The number of carbonyl (C=O) groups is 1. The molecule has 1 aromatic rings. The molecule has 94 valence electrons. The molecule has 0 saturated carbocycles. The van der Waals surface area contributed by atoms with Gasteiger partial charge < -0.3 is 4.74 Å². The summed E-state index contributed by atoms with van der Waals surface area (Å²) in [4.78, 5) is 11.3. The molecule has 17 heavy (non-hydrogen) atoms. The molecule has 7 heteroatoms. The summed E-state index contributed by atoms with van der Waals surface area (Å²) in [5.74, 6) is -2.41. The second-order valence-electron chi connectivity index (χ2n) is 3.04. The minimum atomic E-state index is -4.76. The van der Waals surface area contributed by atoms with Crippen LogP contribution in [0.1, 0.15) is 22.8 Å². The number of hydrogen-bond acceptors (Lipinski definition) is 2. The van der Waals surface area contributed by atoms with Crippen LogP contribution in [0, 0.1) is 5.82 Å². The van der Waals surface area contributed by atoms with E-state index in [1.165, 1.54) is 6.92 Å². The van der Waals surface area contributed by atoms with Crippen LogP contribution in [0.3, 0.4) is 0 Å². The van der Waals surface area contributed by atoms with Crippen LogP contribution in [0.2, 0.25) is 5.02 Å². The van der Waals surface area contributed by atoms with Gasteiger partial charge in [-0.2, -0.15) is 13.2 Å². The van der Waals surface area contributed by atoms with Crippen LogP contribution in [-0.4, -0.2) is 12.6 Å². The minimum Gasteiger partial charge on any atom is -0.462 e. The number of ether oxygens (including phenoxy) is 1. The first-order valence-corrected chi connectivity index (χ1v) is 4.88. The van der Waals surface area contributed by atoms with Crippen molar-refractivity contribution in [1.82, 2.24) is 0 Å². The molecule has 0 aromatic heterocycles. The molecule has 0 radical (unpaired) electrons. The van der Waals surface area contributed by atoms with E-state index in [0.29, 0.717) is 6.07 Å². The van der Waals surface area contributed by atoms with Gasteiger partial charge in [0.25, 0.3) is 0 Å². The molecule has 0 N–H and O–H groups in total. The Bertz CT molecular complexity index is 443. The molecule has 0 fully saturated rings. The molecule has 2 nitrogen and oxygen atoms in total. The van der Waals surface area contributed by atoms with Crippen LogP contribution in [0.25, 0.3) is 0 Å². The zero-order chi connectivity index (χ0) is 13.2. The number of alkyl halides is 3. The highest BCUT2D eigenvalue weighted by Gasteiger charge is 2.33. The fourth-order valence-electron chi connectivity index (χ4n) is 1.11. The van der Waals surface area contributed by atoms with Crippen molar-refractivity contribution >= 4 is 17.6 Å². The summed E-state index contributed by atoms with van der Waals surface area (Å²) in [7, 11) is 0. The molecule has 0 amide bonds. The largest absolute Gasteiger partial charge is 0.462 e. The molecule has 0 aliphatic rings. The molecular weight excluding hydrogens is 264 g/mol. The highest BCUT2D eigenvalue weighted by Crippen LogP contribution is 2.33. The molecule has 0 aliphatic heterocycles. The van der Waals surface area contributed by atoms with Crippen molar-refractivity contribution < 1.29 is 27.1 Å². The number of benzene rings is 1. The molecule has 0 saturated heterocycles. The Labute approximate surface area is 99.1 Å². The molecule has 1 aromatic carbocycles. The summed E-state index contributed by atoms with van der Waals surface area (Å²) < 4.78 is 54.7. The van der Waals surface area contributed by atoms with E-state index in [1.54, 1.807) is 0 Å². The van der Waals surface area contributed by atoms with Crippen molar-refractivity contribution in [3.63, 3.8) is 0 Å². The Morgan fingerprint density at radius 3 is 2.47 bits per heavy atom. The van der Waals surface area contributed by atoms with Crippen LogP contribution < -0.4 is 0 Å². The third kappa shape index (κ3) is 3.09. The number of hydrogen-bond donors (Lipinski definition) is 0. The number of esters is 1. The first-order chi connectivity index (χ1) is 7.77. The average molecular weight is 271 g/mol. The standard InChI is InChI=1S/C10H7ClF4O2/c1-2-17-9(16)6-3-5(10(13,14)15)4-7(12)8(6)11/h3-4H,2H2,1H3. The number of halogens is 5. The number of carbonyl (C=O) groups excluding carboxylic acids is 1. The average Bonchev–Trinajstić information content (AvgIpc) is 2.20. The van der Waals surface area contributed by atoms with Gasteiger partial charge in [-0.25, -0.2) is 9.18 Å². The van der Waals surface area contributed by atoms with Crippen LogP contribution in [-0.2, 0) is 10.9 Å². The molecule has 0 spiro atoms. The second kappa shape index (κ2) is 4.91. The smallest absolute Gasteiger partial charge is 0.416 e. The second-order valence-corrected chi connectivity index (χ2v) is 3.42. The third-order valence-electron chi connectivity index (χ3n) is 1.85. The van der Waals surface area contributed by atoms with Crippen molar-refractivity contribution in [2.45, 2.75) is 13.1 Å². The van der Waals surface area contributed by atoms with Crippen LogP contribution >= 0.6 is 11.6 Å². The van der Waals surface area contributed by atoms with Crippen molar-refractivity contribution in [3.8, 4) is 0 Å². The quantitative estimate of drug-likeness (QED) is 0.605. The lowest BCUT2D eigenvalue weighted by Gasteiger charge is -2.10. The third-order valence-corrected chi connectivity index (χ3v) is 2.24. The van der Waals surface area contributed by atoms with E-state index in [0.717, 1.165) is 0 Å². The van der Waals surface area contributed by atoms with E-state index in [-0.39, 0.29) is 12.7 Å². The molecule has 1 rings (SSSR count). The monoisotopic (exact) mass is 270 g/mol. The van der Waals surface area contributed by atoms with Gasteiger partial charge in [-0.05, 0) is 19.1 Å². The Morgan fingerprint density at radius 1 is 1.41 bits per heavy atom. The van der Waals surface area contributed by atoms with Crippen molar-refractivity contribution in [1.29, 1.82) is 0 Å². The summed E-state index contributed by atoms with van der Waals surface area (Å²) in [5, 5.41) is -0.684. The zero-order valence-corrected chi connectivity index (χ0v) is 9.32. The molecular formula is C10H7ClF4O2. The highest BCUT2D eigenvalue weighted by atomic mass is 35.5. The van der Waals surface area contributed by atoms with Gasteiger partial charge in [0.15, 0.2) is 0 Å². The molecule has 0 heterocycles. The van der Waals surface area contributed by atoms with E-state index in [9.17, 15) is 22.4 Å². The first-order valence-electron chi connectivity index (χ1n) is 4.50. The van der Waals surface area contributed by atoms with E-state index in [4.69, 9.17) is 11.6 Å². The molecule has 0 atom stereocenters. The fraction of sp³-hybridized carbons (Fsp3) is 0.300. The molecule has 0 aliphatic carbocycles. The summed E-state index contributed by atoms with van der Waals surface area (Å²) in [6, 6.07) is 0.689. The van der Waals surface area contributed by atoms with Gasteiger partial charge in [0, 0.05) is 0 Å². The lowest BCUT2D eigenvalue weighted by Crippen LogP contribution is -2.11. The zero-order valence-electron chi connectivity index (χ0n) is 8.57. The molecule has 0 unspecified atom stereocenters. The summed E-state index contributed by atoms with van der Waals surface area (Å²) in [5.41, 5.74) is -1.93. The minimum absolute atomic E-state index is 0.0486. The van der Waals surface area contributed by atoms with Crippen molar-refractivity contribution in [2.75, 3.05) is 6.61 Å². The first kappa shape index (κ1) is 13.8. The summed E-state index contributed by atoms with van der Waals surface area (Å²) in [6.07, 6.45) is -4.76. The normalized spacial score (nSPS) is 11.4. The van der Waals surface area contributed by atoms with Crippen LogP contribution in [0.4, 0.5) is 17.6 Å². The van der Waals surface area contributed by atoms with Gasteiger partial charge in [0.1, 0.15) is 5.82 Å². The fourth-order valence-corrected chi connectivity index (χ4v) is 1.30. The van der Waals surface area contributed by atoms with Gasteiger partial charge in [-0.3, -0.25) is 0 Å². The summed E-state index contributed by atoms with van der Waals surface area (Å²) >= 11 is 5.40. The van der Waals surface area contributed by atoms with Crippen molar-refractivity contribution in [3.05, 3.63) is 34.1 Å². The van der Waals surface area contributed by atoms with Gasteiger partial charge in [0.2, 0.25) is 0 Å². The van der Waals surface area contributed by atoms with Gasteiger partial charge in [-0.15, -0.1) is 0 Å². The van der Waals surface area contributed by atoms with Gasteiger partial charge >= 0.3 is 12.1 Å². The molecule has 0 bridgehead atoms. The predicted molar refractivity (Wildman–Crippen MR) is 52.4 cm³/mol. The van der Waals surface area contributed by atoms with Crippen molar-refractivity contribution in [2.24, 2.45) is 0 Å². The summed E-state index contributed by atoms with van der Waals surface area (Å²) in [6.45, 7) is 1.42. The van der Waals surface area contributed by atoms with Crippen LogP contribution in [0.5, 0.6) is 0 Å². The topological polar surface area (TPSA) is 26.3 Å². The van der Waals surface area contributed by atoms with Gasteiger partial charge in [-0.1, -0.05) is 11.6 Å². The maximum atomic E-state index is 13.1. The lowest BCUT2D eigenvalue weighted by atomic mass is 10.1. The van der Waals surface area contributed by atoms with Gasteiger partial charge in [0.05, 0.1) is 22.8 Å². The highest BCUT2D eigenvalue weighted by molar-refractivity contribution is 6.33. The Kier molecular flexibility index (Phi) is 3.98. The van der Waals surface area contributed by atoms with E-state index in [2.05, 4.69) is 4.74 Å². The SMILES string of the molecule is CCOC(=O)c1cc(C(F)(F)F)cc(F)c1Cl. The van der Waals surface area contributed by atoms with Crippen LogP contribution in [0.15, 0.2) is 12.1 Å². The van der Waals surface area contributed by atoms with E-state index >= 15 is 0 Å². The Hall–Kier alpha value is -1.30. The maximum Gasteiger partial charge on any atom is 0.416 e. The lowest BCUT2D eigenvalue weighted by molar-refractivity contribution is -0.137.